The van der Waals surface area contributed by atoms with Crippen LogP contribution in [0.1, 0.15) is 47.1 Å². The van der Waals surface area contributed by atoms with Gasteiger partial charge in [-0.05, 0) is 53.2 Å². The van der Waals surface area contributed by atoms with Gasteiger partial charge in [-0.15, -0.1) is 0 Å². The number of alkyl carbamates (subject to hydrolysis) is 1. The Kier molecular flexibility index (Phi) is 5.55. The SMILES string of the molecule is CN1c2ncc(CNC(=O)OC(C)(C)C)cc2N(C(=O)OC(C)(C)C)[C@H]1O. The summed E-state index contributed by atoms with van der Waals surface area (Å²) in [6.07, 6.45) is -0.891. The molecule has 0 aromatic carbocycles. The molecule has 9 nitrogen and oxygen atoms in total. The van der Waals surface area contributed by atoms with Gasteiger partial charge in [-0.2, -0.15) is 0 Å². The van der Waals surface area contributed by atoms with Crippen LogP contribution in [0.15, 0.2) is 12.3 Å². The van der Waals surface area contributed by atoms with E-state index in [-0.39, 0.29) is 6.54 Å². The second-order valence-corrected chi connectivity index (χ2v) is 8.35. The zero-order chi connectivity index (χ0) is 20.6. The van der Waals surface area contributed by atoms with Crippen LogP contribution in [0.4, 0.5) is 21.1 Å². The van der Waals surface area contributed by atoms with E-state index in [0.29, 0.717) is 17.1 Å². The third-order valence-electron chi connectivity index (χ3n) is 3.50. The van der Waals surface area contributed by atoms with E-state index in [4.69, 9.17) is 9.47 Å². The smallest absolute Gasteiger partial charge is 0.418 e. The lowest BCUT2D eigenvalue weighted by molar-refractivity contribution is 0.0483. The van der Waals surface area contributed by atoms with E-state index in [1.54, 1.807) is 60.9 Å². The third kappa shape index (κ3) is 5.22. The molecule has 0 saturated heterocycles. The topological polar surface area (TPSA) is 104 Å². The van der Waals surface area contributed by atoms with E-state index < -0.39 is 29.7 Å². The summed E-state index contributed by atoms with van der Waals surface area (Å²) in [6, 6.07) is 1.68. The van der Waals surface area contributed by atoms with Crippen LogP contribution in [0.2, 0.25) is 0 Å². The second-order valence-electron chi connectivity index (χ2n) is 8.35. The molecule has 27 heavy (non-hydrogen) atoms. The highest BCUT2D eigenvalue weighted by Crippen LogP contribution is 2.37. The molecule has 0 saturated carbocycles. The van der Waals surface area contributed by atoms with Crippen molar-refractivity contribution in [1.82, 2.24) is 10.3 Å². The molecular formula is C18H28N4O5. The van der Waals surface area contributed by atoms with E-state index >= 15 is 0 Å². The van der Waals surface area contributed by atoms with Crippen LogP contribution in [0.25, 0.3) is 0 Å². The molecule has 0 radical (unpaired) electrons. The number of aliphatic hydroxyl groups excluding tert-OH is 1. The minimum atomic E-state index is -1.23. The number of hydrogen-bond donors (Lipinski definition) is 2. The number of aromatic nitrogens is 1. The number of carbonyl (C=O) groups is 2. The fourth-order valence-corrected chi connectivity index (χ4v) is 2.43. The van der Waals surface area contributed by atoms with Crippen LogP contribution in [-0.4, -0.2) is 46.9 Å². The summed E-state index contributed by atoms with van der Waals surface area (Å²) in [7, 11) is 1.62. The van der Waals surface area contributed by atoms with Crippen molar-refractivity contribution in [1.29, 1.82) is 0 Å². The molecule has 0 spiro atoms. The van der Waals surface area contributed by atoms with Gasteiger partial charge in [0.15, 0.2) is 5.82 Å². The van der Waals surface area contributed by atoms with Gasteiger partial charge in [0.1, 0.15) is 11.2 Å². The summed E-state index contributed by atoms with van der Waals surface area (Å²) >= 11 is 0. The number of pyridine rings is 1. The van der Waals surface area contributed by atoms with Crippen LogP contribution in [0.3, 0.4) is 0 Å². The highest BCUT2D eigenvalue weighted by molar-refractivity contribution is 5.95. The van der Waals surface area contributed by atoms with Crippen LogP contribution in [-0.2, 0) is 16.0 Å². The maximum Gasteiger partial charge on any atom is 0.418 e. The zero-order valence-corrected chi connectivity index (χ0v) is 16.9. The molecule has 2 rings (SSSR count). The van der Waals surface area contributed by atoms with Gasteiger partial charge in [0.2, 0.25) is 6.35 Å². The van der Waals surface area contributed by atoms with Crippen LogP contribution >= 0.6 is 0 Å². The number of fused-ring (bicyclic) bond motifs is 1. The lowest BCUT2D eigenvalue weighted by atomic mass is 10.2. The summed E-state index contributed by atoms with van der Waals surface area (Å²) in [4.78, 5) is 31.2. The molecule has 1 aliphatic rings. The zero-order valence-electron chi connectivity index (χ0n) is 16.9. The Hall–Kier alpha value is -2.55. The minimum absolute atomic E-state index is 0.164. The predicted octanol–water partition coefficient (Wildman–Crippen LogP) is 2.57. The van der Waals surface area contributed by atoms with Crippen molar-refractivity contribution in [2.45, 2.75) is 65.6 Å². The second kappa shape index (κ2) is 7.22. The molecule has 2 amide bonds. The maximum atomic E-state index is 12.5. The summed E-state index contributed by atoms with van der Waals surface area (Å²) in [5.74, 6) is 0.439. The lowest BCUT2D eigenvalue weighted by Gasteiger charge is -2.27. The molecule has 150 valence electrons. The molecule has 0 unspecified atom stereocenters. The van der Waals surface area contributed by atoms with E-state index in [9.17, 15) is 14.7 Å². The van der Waals surface area contributed by atoms with Gasteiger partial charge in [-0.1, -0.05) is 0 Å². The van der Waals surface area contributed by atoms with Crippen molar-refractivity contribution < 1.29 is 24.2 Å². The Morgan fingerprint density at radius 3 is 2.33 bits per heavy atom. The maximum absolute atomic E-state index is 12.5. The molecular weight excluding hydrogens is 352 g/mol. The van der Waals surface area contributed by atoms with Gasteiger partial charge < -0.3 is 24.8 Å². The van der Waals surface area contributed by atoms with Crippen molar-refractivity contribution in [2.24, 2.45) is 0 Å². The van der Waals surface area contributed by atoms with E-state index in [2.05, 4.69) is 10.3 Å². The molecule has 2 heterocycles. The van der Waals surface area contributed by atoms with Gasteiger partial charge >= 0.3 is 12.2 Å². The molecule has 2 N–H and O–H groups in total. The van der Waals surface area contributed by atoms with Gasteiger partial charge in [0.25, 0.3) is 0 Å². The summed E-state index contributed by atoms with van der Waals surface area (Å²) in [5.41, 5.74) is -0.249. The Morgan fingerprint density at radius 1 is 1.19 bits per heavy atom. The predicted molar refractivity (Wildman–Crippen MR) is 100 cm³/mol. The number of aliphatic hydroxyl groups is 1. The van der Waals surface area contributed by atoms with E-state index in [1.165, 1.54) is 4.90 Å². The number of amides is 2. The van der Waals surface area contributed by atoms with Crippen molar-refractivity contribution in [2.75, 3.05) is 16.8 Å². The highest BCUT2D eigenvalue weighted by atomic mass is 16.6. The normalized spacial score (nSPS) is 16.8. The lowest BCUT2D eigenvalue weighted by Crippen LogP contribution is -2.46. The van der Waals surface area contributed by atoms with Gasteiger partial charge in [-0.3, -0.25) is 0 Å². The molecule has 1 aromatic rings. The molecule has 0 bridgehead atoms. The Balaban J connectivity index is 2.18. The molecule has 0 fully saturated rings. The third-order valence-corrected chi connectivity index (χ3v) is 3.50. The quantitative estimate of drug-likeness (QED) is 0.812. The van der Waals surface area contributed by atoms with Crippen molar-refractivity contribution in [3.63, 3.8) is 0 Å². The number of hydrogen-bond acceptors (Lipinski definition) is 7. The number of nitrogens with one attached hydrogen (secondary N) is 1. The van der Waals surface area contributed by atoms with E-state index in [0.717, 1.165) is 4.90 Å². The first-order chi connectivity index (χ1) is 12.3. The van der Waals surface area contributed by atoms with Crippen LogP contribution in [0, 0.1) is 0 Å². The van der Waals surface area contributed by atoms with E-state index in [1.807, 2.05) is 0 Å². The molecule has 9 heteroatoms. The first-order valence-corrected chi connectivity index (χ1v) is 8.67. The van der Waals surface area contributed by atoms with Gasteiger partial charge in [0, 0.05) is 19.8 Å². The standard InChI is InChI=1S/C18H28N4O5/c1-17(2,3)26-14(23)20-10-11-8-12-13(19-9-11)21(7)15(24)22(12)16(25)27-18(4,5)6/h8-9,15,24H,10H2,1-7H3,(H,20,23)/t15-/m0/s1. The average molecular weight is 380 g/mol. The van der Waals surface area contributed by atoms with Crippen LogP contribution in [0.5, 0.6) is 0 Å². The Labute approximate surface area is 159 Å². The Bertz CT molecular complexity index is 723. The van der Waals surface area contributed by atoms with Crippen molar-refractivity contribution in [3.8, 4) is 0 Å². The fraction of sp³-hybridized carbons (Fsp3) is 0.611. The monoisotopic (exact) mass is 380 g/mol. The first kappa shape index (κ1) is 20.8. The largest absolute Gasteiger partial charge is 0.444 e. The number of ether oxygens (including phenoxy) is 2. The first-order valence-electron chi connectivity index (χ1n) is 8.67. The number of nitrogens with zero attached hydrogens (tertiary/aromatic N) is 3. The summed E-state index contributed by atoms with van der Waals surface area (Å²) < 4.78 is 10.6. The summed E-state index contributed by atoms with van der Waals surface area (Å²) in [6.45, 7) is 10.7. The molecule has 1 atom stereocenters. The minimum Gasteiger partial charge on any atom is -0.444 e. The summed E-state index contributed by atoms with van der Waals surface area (Å²) in [5, 5.41) is 13.0. The molecule has 1 aliphatic heterocycles. The molecule has 1 aromatic heterocycles. The average Bonchev–Trinajstić information content (AvgIpc) is 2.73. The van der Waals surface area contributed by atoms with Gasteiger partial charge in [-0.25, -0.2) is 19.5 Å². The van der Waals surface area contributed by atoms with Gasteiger partial charge in [0.05, 0.1) is 5.69 Å². The molecule has 0 aliphatic carbocycles. The highest BCUT2D eigenvalue weighted by Gasteiger charge is 2.40. The number of rotatable bonds is 2. The fourth-order valence-electron chi connectivity index (χ4n) is 2.43. The van der Waals surface area contributed by atoms with Crippen molar-refractivity contribution in [3.05, 3.63) is 17.8 Å². The van der Waals surface area contributed by atoms with Crippen molar-refractivity contribution >= 4 is 23.7 Å². The number of anilines is 2. The number of carbonyl (C=O) groups excluding carboxylic acids is 2. The van der Waals surface area contributed by atoms with Crippen LogP contribution < -0.4 is 15.1 Å². The Morgan fingerprint density at radius 2 is 1.78 bits per heavy atom.